The zero-order valence-electron chi connectivity index (χ0n) is 8.82. The Morgan fingerprint density at radius 2 is 2.60 bits per heavy atom. The molecule has 0 aromatic carbocycles. The van der Waals surface area contributed by atoms with Gasteiger partial charge in [-0.25, -0.2) is 0 Å². The minimum absolute atomic E-state index is 0.0526. The molecule has 1 saturated heterocycles. The van der Waals surface area contributed by atoms with Crippen LogP contribution in [0.4, 0.5) is 0 Å². The SMILES string of the molecule is CC(NC(=O)c1ccoc1)C1CCNC1. The fourth-order valence-corrected chi connectivity index (χ4v) is 1.91. The molecule has 2 atom stereocenters. The van der Waals surface area contributed by atoms with Crippen molar-refractivity contribution in [3.05, 3.63) is 24.2 Å². The lowest BCUT2D eigenvalue weighted by molar-refractivity contribution is 0.0928. The second kappa shape index (κ2) is 4.49. The fourth-order valence-electron chi connectivity index (χ4n) is 1.91. The van der Waals surface area contributed by atoms with Crippen molar-refractivity contribution in [1.82, 2.24) is 10.6 Å². The van der Waals surface area contributed by atoms with E-state index in [0.29, 0.717) is 11.5 Å². The van der Waals surface area contributed by atoms with Crippen LogP contribution in [0.2, 0.25) is 0 Å². The molecule has 1 aromatic heterocycles. The number of nitrogens with one attached hydrogen (secondary N) is 2. The van der Waals surface area contributed by atoms with Crippen molar-refractivity contribution in [3.8, 4) is 0 Å². The molecule has 0 bridgehead atoms. The molecule has 0 radical (unpaired) electrons. The first-order valence-corrected chi connectivity index (χ1v) is 5.31. The van der Waals surface area contributed by atoms with E-state index >= 15 is 0 Å². The van der Waals surface area contributed by atoms with Gasteiger partial charge in [-0.2, -0.15) is 0 Å². The maximum Gasteiger partial charge on any atom is 0.254 e. The number of amides is 1. The second-order valence-electron chi connectivity index (χ2n) is 4.03. The van der Waals surface area contributed by atoms with Crippen LogP contribution in [0.3, 0.4) is 0 Å². The summed E-state index contributed by atoms with van der Waals surface area (Å²) in [4.78, 5) is 11.7. The van der Waals surface area contributed by atoms with Gasteiger partial charge in [0.05, 0.1) is 11.8 Å². The van der Waals surface area contributed by atoms with Crippen LogP contribution in [0.15, 0.2) is 23.0 Å². The third-order valence-electron chi connectivity index (χ3n) is 2.95. The van der Waals surface area contributed by atoms with E-state index in [1.54, 1.807) is 6.07 Å². The first-order chi connectivity index (χ1) is 7.27. The van der Waals surface area contributed by atoms with Gasteiger partial charge >= 0.3 is 0 Å². The Balaban J connectivity index is 1.88. The summed E-state index contributed by atoms with van der Waals surface area (Å²) in [6.45, 7) is 4.10. The first-order valence-electron chi connectivity index (χ1n) is 5.31. The smallest absolute Gasteiger partial charge is 0.254 e. The highest BCUT2D eigenvalue weighted by molar-refractivity contribution is 5.93. The normalized spacial score (nSPS) is 22.6. The minimum atomic E-state index is -0.0526. The number of hydrogen-bond donors (Lipinski definition) is 2. The molecular formula is C11H16N2O2. The van der Waals surface area contributed by atoms with Crippen molar-refractivity contribution in [3.63, 3.8) is 0 Å². The van der Waals surface area contributed by atoms with E-state index in [4.69, 9.17) is 4.42 Å². The molecule has 0 aliphatic carbocycles. The zero-order valence-corrected chi connectivity index (χ0v) is 8.82. The lowest BCUT2D eigenvalue weighted by Crippen LogP contribution is -2.38. The fraction of sp³-hybridized carbons (Fsp3) is 0.545. The predicted molar refractivity (Wildman–Crippen MR) is 56.6 cm³/mol. The molecule has 2 N–H and O–H groups in total. The Bertz CT molecular complexity index is 315. The lowest BCUT2D eigenvalue weighted by atomic mass is 10.0. The van der Waals surface area contributed by atoms with E-state index in [-0.39, 0.29) is 11.9 Å². The van der Waals surface area contributed by atoms with Gasteiger partial charge in [0.25, 0.3) is 5.91 Å². The molecular weight excluding hydrogens is 192 g/mol. The van der Waals surface area contributed by atoms with Crippen molar-refractivity contribution in [2.24, 2.45) is 5.92 Å². The molecule has 15 heavy (non-hydrogen) atoms. The van der Waals surface area contributed by atoms with Crippen LogP contribution in [0.1, 0.15) is 23.7 Å². The van der Waals surface area contributed by atoms with Crippen LogP contribution in [0, 0.1) is 5.92 Å². The number of hydrogen-bond acceptors (Lipinski definition) is 3. The van der Waals surface area contributed by atoms with E-state index in [2.05, 4.69) is 17.6 Å². The van der Waals surface area contributed by atoms with Crippen molar-refractivity contribution in [2.45, 2.75) is 19.4 Å². The summed E-state index contributed by atoms with van der Waals surface area (Å²) >= 11 is 0. The quantitative estimate of drug-likeness (QED) is 0.779. The van der Waals surface area contributed by atoms with Gasteiger partial charge in [0.2, 0.25) is 0 Å². The maximum atomic E-state index is 11.7. The monoisotopic (exact) mass is 208 g/mol. The number of carbonyl (C=O) groups is 1. The standard InChI is InChI=1S/C11H16N2O2/c1-8(9-2-4-12-6-9)13-11(14)10-3-5-15-7-10/h3,5,7-9,12H,2,4,6H2,1H3,(H,13,14). The lowest BCUT2D eigenvalue weighted by Gasteiger charge is -2.19. The largest absolute Gasteiger partial charge is 0.472 e. The van der Waals surface area contributed by atoms with Gasteiger partial charge in [-0.1, -0.05) is 0 Å². The van der Waals surface area contributed by atoms with Crippen LogP contribution in [0.25, 0.3) is 0 Å². The molecule has 4 heteroatoms. The Labute approximate surface area is 89.0 Å². The number of carbonyl (C=O) groups excluding carboxylic acids is 1. The van der Waals surface area contributed by atoms with Gasteiger partial charge in [-0.05, 0) is 38.4 Å². The van der Waals surface area contributed by atoms with Gasteiger partial charge in [0, 0.05) is 6.04 Å². The molecule has 0 spiro atoms. The summed E-state index contributed by atoms with van der Waals surface area (Å²) in [5, 5.41) is 6.28. The van der Waals surface area contributed by atoms with E-state index in [1.165, 1.54) is 12.5 Å². The van der Waals surface area contributed by atoms with Crippen LogP contribution < -0.4 is 10.6 Å². The third-order valence-corrected chi connectivity index (χ3v) is 2.95. The van der Waals surface area contributed by atoms with E-state index in [1.807, 2.05) is 0 Å². The molecule has 4 nitrogen and oxygen atoms in total. The van der Waals surface area contributed by atoms with E-state index in [9.17, 15) is 4.79 Å². The Kier molecular flexibility index (Phi) is 3.06. The van der Waals surface area contributed by atoms with E-state index < -0.39 is 0 Å². The molecule has 1 aliphatic rings. The molecule has 1 aromatic rings. The molecule has 2 heterocycles. The average Bonchev–Trinajstić information content (AvgIpc) is 2.91. The molecule has 1 fully saturated rings. The summed E-state index contributed by atoms with van der Waals surface area (Å²) in [7, 11) is 0. The van der Waals surface area contributed by atoms with E-state index in [0.717, 1.165) is 19.5 Å². The Morgan fingerprint density at radius 3 is 3.20 bits per heavy atom. The van der Waals surface area contributed by atoms with Crippen molar-refractivity contribution < 1.29 is 9.21 Å². The van der Waals surface area contributed by atoms with Gasteiger partial charge in [-0.15, -0.1) is 0 Å². The zero-order chi connectivity index (χ0) is 10.7. The molecule has 2 rings (SSSR count). The van der Waals surface area contributed by atoms with Crippen molar-refractivity contribution in [2.75, 3.05) is 13.1 Å². The van der Waals surface area contributed by atoms with Gasteiger partial charge in [-0.3, -0.25) is 4.79 Å². The van der Waals surface area contributed by atoms with Gasteiger partial charge < -0.3 is 15.1 Å². The Hall–Kier alpha value is -1.29. The number of furan rings is 1. The summed E-state index contributed by atoms with van der Waals surface area (Å²) < 4.78 is 4.87. The average molecular weight is 208 g/mol. The van der Waals surface area contributed by atoms with Gasteiger partial charge in [0.15, 0.2) is 0 Å². The Morgan fingerprint density at radius 1 is 1.73 bits per heavy atom. The molecule has 82 valence electrons. The molecule has 0 saturated carbocycles. The number of rotatable bonds is 3. The minimum Gasteiger partial charge on any atom is -0.472 e. The highest BCUT2D eigenvalue weighted by atomic mass is 16.3. The summed E-state index contributed by atoms with van der Waals surface area (Å²) in [5.41, 5.74) is 0.591. The maximum absolute atomic E-state index is 11.7. The van der Waals surface area contributed by atoms with Crippen LogP contribution in [-0.2, 0) is 0 Å². The molecule has 2 unspecified atom stereocenters. The van der Waals surface area contributed by atoms with Crippen LogP contribution in [-0.4, -0.2) is 25.0 Å². The topological polar surface area (TPSA) is 54.3 Å². The highest BCUT2D eigenvalue weighted by Crippen LogP contribution is 2.13. The summed E-state index contributed by atoms with van der Waals surface area (Å²) in [5.74, 6) is 0.490. The van der Waals surface area contributed by atoms with Crippen molar-refractivity contribution in [1.29, 1.82) is 0 Å². The molecule has 1 amide bonds. The highest BCUT2D eigenvalue weighted by Gasteiger charge is 2.22. The van der Waals surface area contributed by atoms with Crippen LogP contribution in [0.5, 0.6) is 0 Å². The van der Waals surface area contributed by atoms with Crippen molar-refractivity contribution >= 4 is 5.91 Å². The third kappa shape index (κ3) is 2.39. The summed E-state index contributed by atoms with van der Waals surface area (Å²) in [6.07, 6.45) is 4.11. The predicted octanol–water partition coefficient (Wildman–Crippen LogP) is 1.01. The second-order valence-corrected chi connectivity index (χ2v) is 4.03. The first kappa shape index (κ1) is 10.2. The van der Waals surface area contributed by atoms with Crippen LogP contribution >= 0.6 is 0 Å². The summed E-state index contributed by atoms with van der Waals surface area (Å²) in [6, 6.07) is 1.89. The molecule has 1 aliphatic heterocycles. The van der Waals surface area contributed by atoms with Gasteiger partial charge in [0.1, 0.15) is 6.26 Å².